The van der Waals surface area contributed by atoms with Gasteiger partial charge in [0.15, 0.2) is 6.10 Å². The molecule has 0 aliphatic heterocycles. The molecule has 0 heterocycles. The van der Waals surface area contributed by atoms with Gasteiger partial charge >= 0.3 is 17.9 Å². The maximum absolute atomic E-state index is 12.7. The molecule has 1 unspecified atom stereocenters. The molecule has 0 spiro atoms. The predicted molar refractivity (Wildman–Crippen MR) is 252 cm³/mol. The van der Waals surface area contributed by atoms with E-state index in [1.165, 1.54) is 186 Å². The lowest BCUT2D eigenvalue weighted by atomic mass is 10.0. The Kier molecular flexibility index (Phi) is 47.3. The highest BCUT2D eigenvalue weighted by atomic mass is 16.6. The van der Waals surface area contributed by atoms with E-state index in [4.69, 9.17) is 14.2 Å². The van der Waals surface area contributed by atoms with Crippen molar-refractivity contribution in [3.63, 3.8) is 0 Å². The van der Waals surface area contributed by atoms with Gasteiger partial charge in [-0.15, -0.1) is 0 Å². The minimum atomic E-state index is -0.766. The number of unbranched alkanes of at least 4 members (excludes halogenated alkanes) is 35. The largest absolute Gasteiger partial charge is 0.462 e. The Balaban J connectivity index is 4.16. The molecular weight excluding hydrogens is 733 g/mol. The van der Waals surface area contributed by atoms with Crippen LogP contribution in [-0.4, -0.2) is 37.2 Å². The Morgan fingerprint density at radius 3 is 0.898 bits per heavy atom. The molecule has 0 saturated heterocycles. The fourth-order valence-electron chi connectivity index (χ4n) is 7.78. The molecular formula is C53H100O6. The van der Waals surface area contributed by atoms with Crippen molar-refractivity contribution in [1.29, 1.82) is 0 Å². The SMILES string of the molecule is CCCC/C=C\CCCCCCCC(=O)OC(COC(=O)CCCCCCCCCCC)COC(=O)CCCCCCCCCCCCCCCCCCCCCCC. The first-order valence-electron chi connectivity index (χ1n) is 26.2. The summed E-state index contributed by atoms with van der Waals surface area (Å²) in [7, 11) is 0. The van der Waals surface area contributed by atoms with Gasteiger partial charge in [0.05, 0.1) is 0 Å². The van der Waals surface area contributed by atoms with Gasteiger partial charge < -0.3 is 14.2 Å². The van der Waals surface area contributed by atoms with Crippen molar-refractivity contribution >= 4 is 17.9 Å². The highest BCUT2D eigenvalue weighted by molar-refractivity contribution is 5.71. The average molecular weight is 833 g/mol. The van der Waals surface area contributed by atoms with Crippen LogP contribution < -0.4 is 0 Å². The molecule has 1 atom stereocenters. The molecule has 0 aromatic carbocycles. The maximum Gasteiger partial charge on any atom is 0.306 e. The van der Waals surface area contributed by atoms with Crippen LogP contribution >= 0.6 is 0 Å². The van der Waals surface area contributed by atoms with Crippen LogP contribution in [0.15, 0.2) is 12.2 Å². The molecule has 0 saturated carbocycles. The van der Waals surface area contributed by atoms with Crippen molar-refractivity contribution in [2.75, 3.05) is 13.2 Å². The van der Waals surface area contributed by atoms with Crippen LogP contribution in [0.1, 0.15) is 290 Å². The van der Waals surface area contributed by atoms with E-state index in [-0.39, 0.29) is 31.1 Å². The minimum Gasteiger partial charge on any atom is -0.462 e. The highest BCUT2D eigenvalue weighted by Crippen LogP contribution is 2.17. The number of esters is 3. The number of hydrogen-bond donors (Lipinski definition) is 0. The number of carbonyl (C=O) groups is 3. The van der Waals surface area contributed by atoms with E-state index in [2.05, 4.69) is 32.9 Å². The number of ether oxygens (including phenoxy) is 3. The van der Waals surface area contributed by atoms with Crippen LogP contribution in [0.25, 0.3) is 0 Å². The summed E-state index contributed by atoms with van der Waals surface area (Å²) in [5, 5.41) is 0. The van der Waals surface area contributed by atoms with Crippen molar-refractivity contribution in [3.05, 3.63) is 12.2 Å². The predicted octanol–water partition coefficient (Wildman–Crippen LogP) is 17.0. The molecule has 0 aliphatic carbocycles. The second-order valence-electron chi connectivity index (χ2n) is 17.8. The Bertz CT molecular complexity index is 916. The first kappa shape index (κ1) is 57.1. The zero-order valence-electron chi connectivity index (χ0n) is 39.8. The lowest BCUT2D eigenvalue weighted by Gasteiger charge is -2.18. The highest BCUT2D eigenvalue weighted by Gasteiger charge is 2.19. The fourth-order valence-corrected chi connectivity index (χ4v) is 7.78. The van der Waals surface area contributed by atoms with E-state index in [0.29, 0.717) is 19.3 Å². The van der Waals surface area contributed by atoms with Gasteiger partial charge in [0.2, 0.25) is 0 Å². The van der Waals surface area contributed by atoms with Gasteiger partial charge in [-0.2, -0.15) is 0 Å². The number of hydrogen-bond acceptors (Lipinski definition) is 6. The summed E-state index contributed by atoms with van der Waals surface area (Å²) in [5.41, 5.74) is 0. The third kappa shape index (κ3) is 47.1. The zero-order valence-corrected chi connectivity index (χ0v) is 39.8. The number of rotatable bonds is 48. The molecule has 0 aliphatic rings. The second kappa shape index (κ2) is 48.8. The lowest BCUT2D eigenvalue weighted by molar-refractivity contribution is -0.167. The van der Waals surface area contributed by atoms with E-state index in [0.717, 1.165) is 64.2 Å². The van der Waals surface area contributed by atoms with Crippen LogP contribution in [0, 0.1) is 0 Å². The molecule has 0 rings (SSSR count). The van der Waals surface area contributed by atoms with Gasteiger partial charge in [-0.3, -0.25) is 14.4 Å². The van der Waals surface area contributed by atoms with Crippen LogP contribution in [0.3, 0.4) is 0 Å². The summed E-state index contributed by atoms with van der Waals surface area (Å²) in [5.74, 6) is -0.866. The van der Waals surface area contributed by atoms with E-state index in [1.54, 1.807) is 0 Å². The summed E-state index contributed by atoms with van der Waals surface area (Å²) in [6, 6.07) is 0. The molecule has 0 N–H and O–H groups in total. The van der Waals surface area contributed by atoms with E-state index in [1.807, 2.05) is 0 Å². The van der Waals surface area contributed by atoms with Crippen molar-refractivity contribution in [2.24, 2.45) is 0 Å². The molecule has 0 amide bonds. The molecule has 0 fully saturated rings. The number of carbonyl (C=O) groups excluding carboxylic acids is 3. The molecule has 0 bridgehead atoms. The van der Waals surface area contributed by atoms with Crippen molar-refractivity contribution in [1.82, 2.24) is 0 Å². The fraction of sp³-hybridized carbons (Fsp3) is 0.906. The lowest BCUT2D eigenvalue weighted by Crippen LogP contribution is -2.30. The van der Waals surface area contributed by atoms with Gasteiger partial charge in [-0.05, 0) is 38.5 Å². The van der Waals surface area contributed by atoms with E-state index < -0.39 is 6.10 Å². The zero-order chi connectivity index (χ0) is 43.0. The Morgan fingerprint density at radius 1 is 0.322 bits per heavy atom. The molecule has 6 nitrogen and oxygen atoms in total. The third-order valence-corrected chi connectivity index (χ3v) is 11.8. The first-order chi connectivity index (χ1) is 29.0. The van der Waals surface area contributed by atoms with Crippen LogP contribution in [0.5, 0.6) is 0 Å². The second-order valence-corrected chi connectivity index (χ2v) is 17.8. The summed E-state index contributed by atoms with van der Waals surface area (Å²) >= 11 is 0. The Labute approximate surface area is 367 Å². The molecule has 6 heteroatoms. The van der Waals surface area contributed by atoms with Gasteiger partial charge in [-0.1, -0.05) is 245 Å². The standard InChI is InChI=1S/C53H100O6/c1-4-7-10-13-16-19-21-22-23-24-25-26-27-28-29-30-32-34-37-40-43-46-52(55)58-49-50(48-57-51(54)45-42-39-36-33-18-15-12-9-6-3)59-53(56)47-44-41-38-35-31-20-17-14-11-8-5-2/h14,17,50H,4-13,15-16,18-49H2,1-3H3/b17-14-. The van der Waals surface area contributed by atoms with Crippen LogP contribution in [-0.2, 0) is 28.6 Å². The van der Waals surface area contributed by atoms with Gasteiger partial charge in [0.1, 0.15) is 13.2 Å². The Morgan fingerprint density at radius 2 is 0.576 bits per heavy atom. The number of allylic oxidation sites excluding steroid dienone is 2. The Hall–Kier alpha value is -1.85. The molecule has 0 radical (unpaired) electrons. The van der Waals surface area contributed by atoms with Crippen LogP contribution in [0.2, 0.25) is 0 Å². The van der Waals surface area contributed by atoms with Crippen molar-refractivity contribution in [3.8, 4) is 0 Å². The topological polar surface area (TPSA) is 78.9 Å². The van der Waals surface area contributed by atoms with Crippen molar-refractivity contribution < 1.29 is 28.6 Å². The molecule has 0 aromatic rings. The monoisotopic (exact) mass is 833 g/mol. The molecule has 59 heavy (non-hydrogen) atoms. The smallest absolute Gasteiger partial charge is 0.306 e. The third-order valence-electron chi connectivity index (χ3n) is 11.8. The minimum absolute atomic E-state index is 0.0685. The normalized spacial score (nSPS) is 12.0. The molecule has 0 aromatic heterocycles. The molecule has 348 valence electrons. The average Bonchev–Trinajstić information content (AvgIpc) is 3.23. The van der Waals surface area contributed by atoms with Gasteiger partial charge in [0.25, 0.3) is 0 Å². The van der Waals surface area contributed by atoms with Crippen molar-refractivity contribution in [2.45, 2.75) is 297 Å². The summed E-state index contributed by atoms with van der Waals surface area (Å²) in [6.07, 6.45) is 53.5. The van der Waals surface area contributed by atoms with Crippen LogP contribution in [0.4, 0.5) is 0 Å². The summed E-state index contributed by atoms with van der Waals surface area (Å²) in [6.45, 7) is 6.61. The quantitative estimate of drug-likeness (QED) is 0.0263. The van der Waals surface area contributed by atoms with E-state index >= 15 is 0 Å². The first-order valence-corrected chi connectivity index (χ1v) is 26.2. The van der Waals surface area contributed by atoms with Gasteiger partial charge in [0, 0.05) is 19.3 Å². The van der Waals surface area contributed by atoms with Gasteiger partial charge in [-0.25, -0.2) is 0 Å². The maximum atomic E-state index is 12.7. The summed E-state index contributed by atoms with van der Waals surface area (Å²) in [4.78, 5) is 37.8. The van der Waals surface area contributed by atoms with E-state index in [9.17, 15) is 14.4 Å². The summed E-state index contributed by atoms with van der Waals surface area (Å²) < 4.78 is 16.7.